The fraction of sp³-hybridized carbons (Fsp3) is 0.222. The molecule has 0 atom stereocenters. The van der Waals surface area contributed by atoms with E-state index in [1.807, 2.05) is 54.6 Å². The van der Waals surface area contributed by atoms with Gasteiger partial charge in [-0.3, -0.25) is 0 Å². The number of hydrogen-bond donors (Lipinski definition) is 1. The number of ether oxygens (including phenoxy) is 3. The average Bonchev–Trinajstić information content (AvgIpc) is 3.16. The molecule has 4 rings (SSSR count). The summed E-state index contributed by atoms with van der Waals surface area (Å²) >= 11 is 0. The molecular formula is C27H27NO4. The van der Waals surface area contributed by atoms with Gasteiger partial charge in [0.05, 0.1) is 19.8 Å². The fourth-order valence-electron chi connectivity index (χ4n) is 4.15. The molecule has 0 saturated carbocycles. The van der Waals surface area contributed by atoms with Crippen LogP contribution in [-0.4, -0.2) is 33.5 Å². The summed E-state index contributed by atoms with van der Waals surface area (Å²) in [6, 6.07) is 22.3. The van der Waals surface area contributed by atoms with Crippen molar-refractivity contribution in [1.82, 2.24) is 5.32 Å². The zero-order valence-electron chi connectivity index (χ0n) is 18.3. The highest BCUT2D eigenvalue weighted by Gasteiger charge is 2.28. The van der Waals surface area contributed by atoms with E-state index in [0.29, 0.717) is 19.6 Å². The van der Waals surface area contributed by atoms with Gasteiger partial charge < -0.3 is 19.5 Å². The van der Waals surface area contributed by atoms with Gasteiger partial charge in [-0.2, -0.15) is 0 Å². The Morgan fingerprint density at radius 3 is 2.06 bits per heavy atom. The highest BCUT2D eigenvalue weighted by Crippen LogP contribution is 2.44. The van der Waals surface area contributed by atoms with E-state index >= 15 is 0 Å². The fourth-order valence-corrected chi connectivity index (χ4v) is 4.15. The van der Waals surface area contributed by atoms with Crippen molar-refractivity contribution in [2.45, 2.75) is 12.3 Å². The molecule has 32 heavy (non-hydrogen) atoms. The molecule has 1 N–H and O–H groups in total. The van der Waals surface area contributed by atoms with Crippen molar-refractivity contribution in [2.75, 3.05) is 27.4 Å². The second kappa shape index (κ2) is 10.1. The largest absolute Gasteiger partial charge is 0.496 e. The number of hydrogen-bond acceptors (Lipinski definition) is 4. The SMILES string of the molecule is COc1cccc(OC)c1C=CCCNC(=O)OCC1c2ccccc2-c2ccccc21. The van der Waals surface area contributed by atoms with Crippen molar-refractivity contribution >= 4 is 12.2 Å². The van der Waals surface area contributed by atoms with Crippen LogP contribution in [0.15, 0.2) is 72.8 Å². The molecule has 3 aromatic rings. The number of carbonyl (C=O) groups is 1. The summed E-state index contributed by atoms with van der Waals surface area (Å²) in [4.78, 5) is 12.3. The van der Waals surface area contributed by atoms with E-state index in [-0.39, 0.29) is 5.92 Å². The molecule has 1 amide bonds. The molecule has 0 saturated heterocycles. The van der Waals surface area contributed by atoms with Gasteiger partial charge in [-0.1, -0.05) is 66.7 Å². The number of amides is 1. The minimum atomic E-state index is -0.407. The molecule has 3 aromatic carbocycles. The molecule has 1 aliphatic rings. The van der Waals surface area contributed by atoms with E-state index in [2.05, 4.69) is 29.6 Å². The van der Waals surface area contributed by atoms with Gasteiger partial charge in [-0.25, -0.2) is 4.79 Å². The van der Waals surface area contributed by atoms with Gasteiger partial charge in [-0.15, -0.1) is 0 Å². The lowest BCUT2D eigenvalue weighted by atomic mass is 9.98. The zero-order valence-corrected chi connectivity index (χ0v) is 18.3. The van der Waals surface area contributed by atoms with Crippen molar-refractivity contribution in [1.29, 1.82) is 0 Å². The Hall–Kier alpha value is -3.73. The van der Waals surface area contributed by atoms with Crippen molar-refractivity contribution in [2.24, 2.45) is 0 Å². The van der Waals surface area contributed by atoms with Gasteiger partial charge in [0.1, 0.15) is 18.1 Å². The van der Waals surface area contributed by atoms with Crippen LogP contribution >= 0.6 is 0 Å². The number of carbonyl (C=O) groups excluding carboxylic acids is 1. The van der Waals surface area contributed by atoms with Crippen molar-refractivity contribution < 1.29 is 19.0 Å². The van der Waals surface area contributed by atoms with Crippen LogP contribution in [0.5, 0.6) is 11.5 Å². The van der Waals surface area contributed by atoms with Crippen molar-refractivity contribution in [3.05, 3.63) is 89.5 Å². The van der Waals surface area contributed by atoms with Crippen LogP contribution in [0.2, 0.25) is 0 Å². The highest BCUT2D eigenvalue weighted by molar-refractivity contribution is 5.79. The Labute approximate surface area is 188 Å². The smallest absolute Gasteiger partial charge is 0.407 e. The number of alkyl carbamates (subject to hydrolysis) is 1. The van der Waals surface area contributed by atoms with E-state index in [0.717, 1.165) is 17.1 Å². The van der Waals surface area contributed by atoms with Gasteiger partial charge >= 0.3 is 6.09 Å². The quantitative estimate of drug-likeness (QED) is 0.471. The summed E-state index contributed by atoms with van der Waals surface area (Å²) in [5.41, 5.74) is 5.71. The highest BCUT2D eigenvalue weighted by atomic mass is 16.5. The molecule has 0 heterocycles. The standard InChI is InChI=1S/C27H27NO4/c1-30-25-15-9-16-26(31-2)23(25)14-7-8-17-28-27(29)32-18-24-21-12-5-3-10-19(21)20-11-4-6-13-22(20)24/h3-7,9-16,24H,8,17-18H2,1-2H3,(H,28,29). The minimum absolute atomic E-state index is 0.0612. The Bertz CT molecular complexity index is 1050. The predicted octanol–water partition coefficient (Wildman–Crippen LogP) is 5.65. The lowest BCUT2D eigenvalue weighted by Crippen LogP contribution is -2.26. The van der Waals surface area contributed by atoms with Crippen LogP contribution in [0.3, 0.4) is 0 Å². The van der Waals surface area contributed by atoms with E-state index in [4.69, 9.17) is 14.2 Å². The second-order valence-corrected chi connectivity index (χ2v) is 7.52. The molecule has 1 aliphatic carbocycles. The van der Waals surface area contributed by atoms with Gasteiger partial charge in [0.2, 0.25) is 0 Å². The number of fused-ring (bicyclic) bond motifs is 3. The lowest BCUT2D eigenvalue weighted by Gasteiger charge is -2.14. The zero-order chi connectivity index (χ0) is 22.3. The Morgan fingerprint density at radius 1 is 0.875 bits per heavy atom. The van der Waals surface area contributed by atoms with E-state index in [9.17, 15) is 4.79 Å². The minimum Gasteiger partial charge on any atom is -0.496 e. The molecule has 0 radical (unpaired) electrons. The Kier molecular flexibility index (Phi) is 6.75. The van der Waals surface area contributed by atoms with E-state index in [1.54, 1.807) is 14.2 Å². The number of benzene rings is 3. The molecule has 5 nitrogen and oxygen atoms in total. The van der Waals surface area contributed by atoms with Crippen molar-refractivity contribution in [3.63, 3.8) is 0 Å². The number of methoxy groups -OCH3 is 2. The van der Waals surface area contributed by atoms with Crippen LogP contribution < -0.4 is 14.8 Å². The van der Waals surface area contributed by atoms with Gasteiger partial charge in [-0.05, 0) is 40.8 Å². The first-order chi connectivity index (χ1) is 15.7. The molecule has 0 spiro atoms. The topological polar surface area (TPSA) is 56.8 Å². The van der Waals surface area contributed by atoms with E-state index in [1.165, 1.54) is 22.3 Å². The Balaban J connectivity index is 1.29. The third kappa shape index (κ3) is 4.47. The third-order valence-electron chi connectivity index (χ3n) is 5.67. The molecule has 0 unspecified atom stereocenters. The van der Waals surface area contributed by atoms with Gasteiger partial charge in [0.15, 0.2) is 0 Å². The molecule has 0 bridgehead atoms. The van der Waals surface area contributed by atoms with Crippen LogP contribution in [0.25, 0.3) is 17.2 Å². The predicted molar refractivity (Wildman–Crippen MR) is 126 cm³/mol. The van der Waals surface area contributed by atoms with Gasteiger partial charge in [0, 0.05) is 12.5 Å². The first-order valence-electron chi connectivity index (χ1n) is 10.7. The van der Waals surface area contributed by atoms with Crippen LogP contribution in [0.4, 0.5) is 4.79 Å². The number of rotatable bonds is 8. The third-order valence-corrected chi connectivity index (χ3v) is 5.67. The summed E-state index contributed by atoms with van der Waals surface area (Å²) in [5, 5.41) is 2.82. The molecule has 0 aromatic heterocycles. The van der Waals surface area contributed by atoms with Gasteiger partial charge in [0.25, 0.3) is 0 Å². The van der Waals surface area contributed by atoms with Crippen LogP contribution in [0.1, 0.15) is 29.0 Å². The van der Waals surface area contributed by atoms with E-state index < -0.39 is 6.09 Å². The summed E-state index contributed by atoms with van der Waals surface area (Å²) < 4.78 is 16.3. The molecular weight excluding hydrogens is 402 g/mol. The van der Waals surface area contributed by atoms with Crippen LogP contribution in [0, 0.1) is 0 Å². The summed E-state index contributed by atoms with van der Waals surface area (Å²) in [5.74, 6) is 1.54. The summed E-state index contributed by atoms with van der Waals surface area (Å²) in [6.45, 7) is 0.790. The second-order valence-electron chi connectivity index (χ2n) is 7.52. The average molecular weight is 430 g/mol. The maximum Gasteiger partial charge on any atom is 0.407 e. The first-order valence-corrected chi connectivity index (χ1v) is 10.7. The first kappa shape index (κ1) is 21.5. The summed E-state index contributed by atoms with van der Waals surface area (Å²) in [6.07, 6.45) is 4.17. The maximum absolute atomic E-state index is 12.3. The summed E-state index contributed by atoms with van der Waals surface area (Å²) in [7, 11) is 3.26. The monoisotopic (exact) mass is 429 g/mol. The molecule has 5 heteroatoms. The van der Waals surface area contributed by atoms with Crippen LogP contribution in [-0.2, 0) is 4.74 Å². The lowest BCUT2D eigenvalue weighted by molar-refractivity contribution is 0.143. The maximum atomic E-state index is 12.3. The molecule has 0 fully saturated rings. The molecule has 0 aliphatic heterocycles. The normalized spacial score (nSPS) is 12.3. The molecule has 164 valence electrons. The Morgan fingerprint density at radius 2 is 1.47 bits per heavy atom. The number of nitrogens with one attached hydrogen (secondary N) is 1. The van der Waals surface area contributed by atoms with Crippen molar-refractivity contribution in [3.8, 4) is 22.6 Å².